The molecule has 7 heteroatoms. The summed E-state index contributed by atoms with van der Waals surface area (Å²) in [6.07, 6.45) is 4.80. The van der Waals surface area contributed by atoms with Gasteiger partial charge in [-0.15, -0.1) is 11.3 Å². The van der Waals surface area contributed by atoms with E-state index in [9.17, 15) is 4.79 Å². The van der Waals surface area contributed by atoms with Gasteiger partial charge in [-0.25, -0.2) is 14.8 Å². The predicted molar refractivity (Wildman–Crippen MR) is 119 cm³/mol. The normalized spacial score (nSPS) is 13.5. The Balaban J connectivity index is 1.29. The number of aromatic nitrogens is 2. The average Bonchev–Trinajstić information content (AvgIpc) is 3.41. The van der Waals surface area contributed by atoms with Crippen molar-refractivity contribution in [3.8, 4) is 10.6 Å². The van der Waals surface area contributed by atoms with Crippen LogP contribution in [0.3, 0.4) is 0 Å². The largest absolute Gasteiger partial charge is 0.355 e. The number of hydrogen-bond acceptors (Lipinski definition) is 5. The van der Waals surface area contributed by atoms with Crippen molar-refractivity contribution >= 4 is 28.9 Å². The zero-order chi connectivity index (χ0) is 20.1. The molecule has 29 heavy (non-hydrogen) atoms. The molecule has 2 aromatic heterocycles. The number of aryl methyl sites for hydroxylation is 1. The first-order chi connectivity index (χ1) is 14.2. The monoisotopic (exact) mass is 407 g/mol. The van der Waals surface area contributed by atoms with Crippen molar-refractivity contribution in [2.45, 2.75) is 26.2 Å². The van der Waals surface area contributed by atoms with Gasteiger partial charge in [0.25, 0.3) is 0 Å². The van der Waals surface area contributed by atoms with Gasteiger partial charge in [0.2, 0.25) is 0 Å². The van der Waals surface area contributed by atoms with Gasteiger partial charge in [0.1, 0.15) is 5.01 Å². The molecule has 0 bridgehead atoms. The van der Waals surface area contributed by atoms with Crippen LogP contribution in [0.25, 0.3) is 10.6 Å². The lowest BCUT2D eigenvalue weighted by Gasteiger charge is -2.20. The lowest BCUT2D eigenvalue weighted by Crippen LogP contribution is -2.31. The van der Waals surface area contributed by atoms with Gasteiger partial charge < -0.3 is 15.5 Å². The van der Waals surface area contributed by atoms with E-state index in [1.165, 1.54) is 18.4 Å². The van der Waals surface area contributed by atoms with Crippen LogP contribution < -0.4 is 15.5 Å². The number of pyridine rings is 1. The van der Waals surface area contributed by atoms with Gasteiger partial charge in [-0.05, 0) is 31.9 Å². The maximum atomic E-state index is 12.3. The minimum Gasteiger partial charge on any atom is -0.355 e. The van der Waals surface area contributed by atoms with Crippen molar-refractivity contribution in [3.63, 3.8) is 0 Å². The second-order valence-electron chi connectivity index (χ2n) is 7.21. The first-order valence-electron chi connectivity index (χ1n) is 9.95. The van der Waals surface area contributed by atoms with Crippen molar-refractivity contribution in [1.82, 2.24) is 15.3 Å². The Morgan fingerprint density at radius 2 is 1.97 bits per heavy atom. The number of amides is 2. The van der Waals surface area contributed by atoms with Crippen LogP contribution in [0, 0.1) is 6.92 Å². The average molecular weight is 408 g/mol. The smallest absolute Gasteiger partial charge is 0.319 e. The van der Waals surface area contributed by atoms with Crippen molar-refractivity contribution in [1.29, 1.82) is 0 Å². The van der Waals surface area contributed by atoms with Crippen LogP contribution >= 0.6 is 11.3 Å². The highest BCUT2D eigenvalue weighted by Crippen LogP contribution is 2.26. The topological polar surface area (TPSA) is 70.1 Å². The van der Waals surface area contributed by atoms with E-state index in [1.54, 1.807) is 17.5 Å². The Morgan fingerprint density at radius 1 is 1.17 bits per heavy atom. The number of rotatable bonds is 6. The molecule has 0 atom stereocenters. The van der Waals surface area contributed by atoms with E-state index in [0.29, 0.717) is 13.0 Å². The van der Waals surface area contributed by atoms with Gasteiger partial charge in [0.15, 0.2) is 5.82 Å². The van der Waals surface area contributed by atoms with Crippen LogP contribution in [-0.2, 0) is 6.42 Å². The van der Waals surface area contributed by atoms with E-state index < -0.39 is 0 Å². The molecule has 0 spiro atoms. The van der Waals surface area contributed by atoms with E-state index in [2.05, 4.69) is 62.1 Å². The molecule has 1 saturated heterocycles. The summed E-state index contributed by atoms with van der Waals surface area (Å²) in [5, 5.41) is 8.93. The molecule has 150 valence electrons. The van der Waals surface area contributed by atoms with E-state index in [-0.39, 0.29) is 6.03 Å². The number of thiazole rings is 1. The molecule has 3 aromatic rings. The highest BCUT2D eigenvalue weighted by molar-refractivity contribution is 7.13. The Bertz CT molecular complexity index is 963. The number of carbonyl (C=O) groups is 1. The number of urea groups is 1. The van der Waals surface area contributed by atoms with Crippen molar-refractivity contribution < 1.29 is 4.79 Å². The van der Waals surface area contributed by atoms with Crippen LogP contribution in [0.5, 0.6) is 0 Å². The summed E-state index contributed by atoms with van der Waals surface area (Å²) in [5.41, 5.74) is 4.11. The fourth-order valence-corrected chi connectivity index (χ4v) is 4.26. The van der Waals surface area contributed by atoms with Gasteiger partial charge >= 0.3 is 6.03 Å². The maximum Gasteiger partial charge on any atom is 0.319 e. The molecule has 2 N–H and O–H groups in total. The minimum absolute atomic E-state index is 0.215. The number of nitrogens with one attached hydrogen (secondary N) is 2. The number of nitrogens with zero attached hydrogens (tertiary/aromatic N) is 3. The molecule has 6 nitrogen and oxygen atoms in total. The van der Waals surface area contributed by atoms with E-state index >= 15 is 0 Å². The van der Waals surface area contributed by atoms with Crippen LogP contribution in [0.4, 0.5) is 16.3 Å². The summed E-state index contributed by atoms with van der Waals surface area (Å²) in [6, 6.07) is 11.9. The molecule has 4 rings (SSSR count). The second-order valence-corrected chi connectivity index (χ2v) is 8.07. The van der Waals surface area contributed by atoms with Gasteiger partial charge in [-0.3, -0.25) is 0 Å². The highest BCUT2D eigenvalue weighted by atomic mass is 32.1. The third-order valence-corrected chi connectivity index (χ3v) is 5.90. The number of hydrogen-bond donors (Lipinski definition) is 2. The zero-order valence-electron chi connectivity index (χ0n) is 16.5. The molecular formula is C22H25N5OS. The van der Waals surface area contributed by atoms with E-state index in [4.69, 9.17) is 0 Å². The molecule has 0 unspecified atom stereocenters. The second kappa shape index (κ2) is 9.05. The van der Waals surface area contributed by atoms with Gasteiger partial charge in [-0.2, -0.15) is 0 Å². The minimum atomic E-state index is -0.215. The summed E-state index contributed by atoms with van der Waals surface area (Å²) < 4.78 is 0. The van der Waals surface area contributed by atoms with E-state index in [1.807, 2.05) is 12.1 Å². The van der Waals surface area contributed by atoms with Crippen molar-refractivity contribution in [2.24, 2.45) is 0 Å². The first-order valence-corrected chi connectivity index (χ1v) is 10.8. The third kappa shape index (κ3) is 4.92. The molecule has 3 heterocycles. The molecular weight excluding hydrogens is 382 g/mol. The fourth-order valence-electron chi connectivity index (χ4n) is 3.40. The highest BCUT2D eigenvalue weighted by Gasteiger charge is 2.17. The number of benzene rings is 1. The van der Waals surface area contributed by atoms with Crippen LogP contribution in [-0.4, -0.2) is 35.6 Å². The van der Waals surface area contributed by atoms with Crippen LogP contribution in [0.1, 0.15) is 24.1 Å². The van der Waals surface area contributed by atoms with Gasteiger partial charge in [0, 0.05) is 43.2 Å². The standard InChI is InChI=1S/C22H25N5OS/c1-16-6-8-17(9-7-16)21-25-18(15-29-21)10-12-24-22(28)26-19-5-4-11-23-20(19)27-13-2-3-14-27/h4-9,11,15H,2-3,10,12-14H2,1H3,(H2,24,26,28). The molecule has 1 aliphatic rings. The predicted octanol–water partition coefficient (Wildman–Crippen LogP) is 4.48. The van der Waals surface area contributed by atoms with Crippen molar-refractivity contribution in [3.05, 3.63) is 59.2 Å². The molecule has 1 fully saturated rings. The molecule has 1 aromatic carbocycles. The van der Waals surface area contributed by atoms with E-state index in [0.717, 1.165) is 40.9 Å². The number of carbonyl (C=O) groups excluding carboxylic acids is 1. The summed E-state index contributed by atoms with van der Waals surface area (Å²) >= 11 is 1.63. The fraction of sp³-hybridized carbons (Fsp3) is 0.318. The Kier molecular flexibility index (Phi) is 6.05. The number of anilines is 2. The summed E-state index contributed by atoms with van der Waals surface area (Å²) in [7, 11) is 0. The first kappa shape index (κ1) is 19.4. The Labute approximate surface area is 175 Å². The van der Waals surface area contributed by atoms with Crippen LogP contribution in [0.2, 0.25) is 0 Å². The SMILES string of the molecule is Cc1ccc(-c2nc(CCNC(=O)Nc3cccnc3N3CCCC3)cs2)cc1. The summed E-state index contributed by atoms with van der Waals surface area (Å²) in [6.45, 7) is 4.58. The lowest BCUT2D eigenvalue weighted by molar-refractivity contribution is 0.252. The summed E-state index contributed by atoms with van der Waals surface area (Å²) in [4.78, 5) is 23.7. The van der Waals surface area contributed by atoms with Crippen molar-refractivity contribution in [2.75, 3.05) is 29.9 Å². The lowest BCUT2D eigenvalue weighted by atomic mass is 10.2. The van der Waals surface area contributed by atoms with Crippen LogP contribution in [0.15, 0.2) is 48.0 Å². The molecule has 2 amide bonds. The molecule has 0 aliphatic carbocycles. The third-order valence-electron chi connectivity index (χ3n) is 4.96. The molecule has 0 saturated carbocycles. The zero-order valence-corrected chi connectivity index (χ0v) is 17.3. The maximum absolute atomic E-state index is 12.3. The molecule has 1 aliphatic heterocycles. The molecule has 0 radical (unpaired) electrons. The Hall–Kier alpha value is -2.93. The van der Waals surface area contributed by atoms with Gasteiger partial charge in [-0.1, -0.05) is 29.8 Å². The van der Waals surface area contributed by atoms with Gasteiger partial charge in [0.05, 0.1) is 11.4 Å². The Morgan fingerprint density at radius 3 is 2.76 bits per heavy atom. The quantitative estimate of drug-likeness (QED) is 0.632. The summed E-state index contributed by atoms with van der Waals surface area (Å²) in [5.74, 6) is 0.849.